The van der Waals surface area contributed by atoms with Gasteiger partial charge in [-0.25, -0.2) is 4.98 Å². The van der Waals surface area contributed by atoms with Crippen LogP contribution in [-0.4, -0.2) is 9.55 Å². The van der Waals surface area contributed by atoms with E-state index in [2.05, 4.69) is 36.0 Å². The normalized spacial score (nSPS) is 11.2. The van der Waals surface area contributed by atoms with E-state index in [0.29, 0.717) is 5.92 Å². The van der Waals surface area contributed by atoms with Crippen LogP contribution in [0.4, 0.5) is 5.69 Å². The van der Waals surface area contributed by atoms with Crippen molar-refractivity contribution in [2.45, 2.75) is 26.8 Å². The van der Waals surface area contributed by atoms with Crippen molar-refractivity contribution in [1.82, 2.24) is 9.55 Å². The summed E-state index contributed by atoms with van der Waals surface area (Å²) < 4.78 is 2.19. The lowest BCUT2D eigenvalue weighted by molar-refractivity contribution is 0.597. The number of aromatic nitrogens is 2. The van der Waals surface area contributed by atoms with Crippen LogP contribution in [0.2, 0.25) is 0 Å². The van der Waals surface area contributed by atoms with Crippen LogP contribution in [0, 0.1) is 5.92 Å². The van der Waals surface area contributed by atoms with Crippen LogP contribution in [0.25, 0.3) is 11.0 Å². The number of anilines is 1. The van der Waals surface area contributed by atoms with Crippen LogP contribution < -0.4 is 5.73 Å². The second kappa shape index (κ2) is 4.62. The van der Waals surface area contributed by atoms with E-state index in [4.69, 9.17) is 5.73 Å². The van der Waals surface area contributed by atoms with Gasteiger partial charge in [0.15, 0.2) is 0 Å². The van der Waals surface area contributed by atoms with Gasteiger partial charge in [-0.1, -0.05) is 26.0 Å². The number of nitrogen functional groups attached to an aromatic ring is 1. The molecule has 0 fully saturated rings. The summed E-state index contributed by atoms with van der Waals surface area (Å²) in [5, 5.41) is 0. The second-order valence-electron chi connectivity index (χ2n) is 4.74. The average molecular weight is 229 g/mol. The van der Waals surface area contributed by atoms with Gasteiger partial charge in [-0.15, -0.1) is 6.58 Å². The van der Waals surface area contributed by atoms with Gasteiger partial charge in [0.2, 0.25) is 0 Å². The minimum atomic E-state index is 0.580. The summed E-state index contributed by atoms with van der Waals surface area (Å²) in [6, 6.07) is 5.93. The second-order valence-corrected chi connectivity index (χ2v) is 4.74. The van der Waals surface area contributed by atoms with Crippen molar-refractivity contribution in [2.24, 2.45) is 5.92 Å². The molecule has 0 aliphatic heterocycles. The Morgan fingerprint density at radius 2 is 2.24 bits per heavy atom. The molecule has 0 aliphatic rings. The molecule has 2 N–H and O–H groups in total. The zero-order valence-electron chi connectivity index (χ0n) is 10.5. The molecule has 1 aromatic carbocycles. The third-order valence-electron chi connectivity index (χ3n) is 2.79. The number of imidazole rings is 1. The highest BCUT2D eigenvalue weighted by molar-refractivity contribution is 5.87. The Labute approximate surface area is 102 Å². The van der Waals surface area contributed by atoms with Gasteiger partial charge in [0.05, 0.1) is 11.2 Å². The standard InChI is InChI=1S/C14H19N3/c1-4-8-17-12-7-5-6-11(15)14(12)16-13(17)9-10(2)3/h4-7,10H,1,8-9,15H2,2-3H3. The monoisotopic (exact) mass is 229 g/mol. The Morgan fingerprint density at radius 3 is 2.88 bits per heavy atom. The largest absolute Gasteiger partial charge is 0.397 e. The van der Waals surface area contributed by atoms with E-state index >= 15 is 0 Å². The van der Waals surface area contributed by atoms with E-state index in [1.807, 2.05) is 18.2 Å². The quantitative estimate of drug-likeness (QED) is 0.647. The Hall–Kier alpha value is -1.77. The van der Waals surface area contributed by atoms with E-state index in [1.54, 1.807) is 0 Å². The summed E-state index contributed by atoms with van der Waals surface area (Å²) in [4.78, 5) is 4.66. The lowest BCUT2D eigenvalue weighted by Crippen LogP contribution is -2.05. The van der Waals surface area contributed by atoms with Crippen LogP contribution in [0.1, 0.15) is 19.7 Å². The molecule has 0 aliphatic carbocycles. The van der Waals surface area contributed by atoms with Crippen molar-refractivity contribution >= 4 is 16.7 Å². The molecule has 2 rings (SSSR count). The number of hydrogen-bond acceptors (Lipinski definition) is 2. The molecular weight excluding hydrogens is 210 g/mol. The summed E-state index contributed by atoms with van der Waals surface area (Å²) in [7, 11) is 0. The predicted molar refractivity (Wildman–Crippen MR) is 72.9 cm³/mol. The van der Waals surface area contributed by atoms with Gasteiger partial charge in [0.1, 0.15) is 11.3 Å². The minimum Gasteiger partial charge on any atom is -0.397 e. The van der Waals surface area contributed by atoms with Gasteiger partial charge < -0.3 is 10.3 Å². The van der Waals surface area contributed by atoms with Gasteiger partial charge in [-0.2, -0.15) is 0 Å². The summed E-state index contributed by atoms with van der Waals surface area (Å²) in [5.41, 5.74) is 8.71. The molecule has 3 heteroatoms. The maximum atomic E-state index is 5.96. The summed E-state index contributed by atoms with van der Waals surface area (Å²) in [5.74, 6) is 1.67. The number of rotatable bonds is 4. The highest BCUT2D eigenvalue weighted by Gasteiger charge is 2.12. The fourth-order valence-electron chi connectivity index (χ4n) is 2.07. The first-order valence-corrected chi connectivity index (χ1v) is 5.98. The first kappa shape index (κ1) is 11.7. The third kappa shape index (κ3) is 2.18. The first-order valence-electron chi connectivity index (χ1n) is 5.98. The maximum absolute atomic E-state index is 5.96. The minimum absolute atomic E-state index is 0.580. The zero-order chi connectivity index (χ0) is 12.4. The molecule has 0 saturated heterocycles. The van der Waals surface area contributed by atoms with E-state index in [1.165, 1.54) is 0 Å². The van der Waals surface area contributed by atoms with Gasteiger partial charge in [0, 0.05) is 13.0 Å². The number of nitrogens with two attached hydrogens (primary N) is 1. The Morgan fingerprint density at radius 1 is 1.47 bits per heavy atom. The molecule has 1 heterocycles. The van der Waals surface area contributed by atoms with Crippen molar-refractivity contribution in [3.63, 3.8) is 0 Å². The Bertz CT molecular complexity index is 538. The molecule has 0 amide bonds. The SMILES string of the molecule is C=CCn1c(CC(C)C)nc2c(N)cccc21. The lowest BCUT2D eigenvalue weighted by atomic mass is 10.1. The van der Waals surface area contributed by atoms with E-state index in [9.17, 15) is 0 Å². The number of nitrogens with zero attached hydrogens (tertiary/aromatic N) is 2. The van der Waals surface area contributed by atoms with E-state index in [-0.39, 0.29) is 0 Å². The lowest BCUT2D eigenvalue weighted by Gasteiger charge is -2.08. The fourth-order valence-corrected chi connectivity index (χ4v) is 2.07. The third-order valence-corrected chi connectivity index (χ3v) is 2.79. The molecule has 0 unspecified atom stereocenters. The molecular formula is C14H19N3. The van der Waals surface area contributed by atoms with E-state index < -0.39 is 0 Å². The van der Waals surface area contributed by atoms with Gasteiger partial charge in [-0.05, 0) is 18.1 Å². The topological polar surface area (TPSA) is 43.8 Å². The van der Waals surface area contributed by atoms with Crippen LogP contribution in [-0.2, 0) is 13.0 Å². The smallest absolute Gasteiger partial charge is 0.112 e. The summed E-state index contributed by atoms with van der Waals surface area (Å²) >= 11 is 0. The average Bonchev–Trinajstić information content (AvgIpc) is 2.59. The van der Waals surface area contributed by atoms with Crippen molar-refractivity contribution in [2.75, 3.05) is 5.73 Å². The Balaban J connectivity index is 2.61. The van der Waals surface area contributed by atoms with Crippen molar-refractivity contribution in [1.29, 1.82) is 0 Å². The van der Waals surface area contributed by atoms with E-state index in [0.717, 1.165) is 35.5 Å². The zero-order valence-corrected chi connectivity index (χ0v) is 10.5. The van der Waals surface area contributed by atoms with Crippen LogP contribution in [0.3, 0.4) is 0 Å². The highest BCUT2D eigenvalue weighted by atomic mass is 15.1. The van der Waals surface area contributed by atoms with Crippen LogP contribution in [0.15, 0.2) is 30.9 Å². The first-order chi connectivity index (χ1) is 8.13. The molecule has 90 valence electrons. The Kier molecular flexibility index (Phi) is 3.18. The molecule has 0 saturated carbocycles. The summed E-state index contributed by atoms with van der Waals surface area (Å²) in [6.07, 6.45) is 2.86. The van der Waals surface area contributed by atoms with Crippen LogP contribution in [0.5, 0.6) is 0 Å². The molecule has 1 aromatic heterocycles. The van der Waals surface area contributed by atoms with Crippen molar-refractivity contribution in [3.8, 4) is 0 Å². The molecule has 3 nitrogen and oxygen atoms in total. The molecule has 0 spiro atoms. The molecule has 0 bridgehead atoms. The maximum Gasteiger partial charge on any atom is 0.112 e. The predicted octanol–water partition coefficient (Wildman–Crippen LogP) is 3.00. The van der Waals surface area contributed by atoms with Gasteiger partial charge in [0.25, 0.3) is 0 Å². The van der Waals surface area contributed by atoms with Crippen molar-refractivity contribution < 1.29 is 0 Å². The van der Waals surface area contributed by atoms with Crippen molar-refractivity contribution in [3.05, 3.63) is 36.7 Å². The van der Waals surface area contributed by atoms with Gasteiger partial charge >= 0.3 is 0 Å². The molecule has 17 heavy (non-hydrogen) atoms. The number of allylic oxidation sites excluding steroid dienone is 1. The number of para-hydroxylation sites is 1. The molecule has 2 aromatic rings. The molecule has 0 radical (unpaired) electrons. The molecule has 0 atom stereocenters. The number of fused-ring (bicyclic) bond motifs is 1. The summed E-state index contributed by atoms with van der Waals surface area (Å²) in [6.45, 7) is 8.98. The number of hydrogen-bond donors (Lipinski definition) is 1. The fraction of sp³-hybridized carbons (Fsp3) is 0.357. The highest BCUT2D eigenvalue weighted by Crippen LogP contribution is 2.23. The van der Waals surface area contributed by atoms with Crippen LogP contribution >= 0.6 is 0 Å². The van der Waals surface area contributed by atoms with Gasteiger partial charge in [-0.3, -0.25) is 0 Å². The number of benzene rings is 1.